The van der Waals surface area contributed by atoms with Crippen LogP contribution in [-0.2, 0) is 6.54 Å². The monoisotopic (exact) mass is 281 g/mol. The molecule has 0 saturated carbocycles. The van der Waals surface area contributed by atoms with Crippen LogP contribution in [0.25, 0.3) is 0 Å². The van der Waals surface area contributed by atoms with E-state index in [1.165, 1.54) is 10.8 Å². The number of halogens is 1. The zero-order chi connectivity index (χ0) is 14.0. The van der Waals surface area contributed by atoms with Gasteiger partial charge in [0.2, 0.25) is 0 Å². The summed E-state index contributed by atoms with van der Waals surface area (Å²) in [5.41, 5.74) is 0.606. The van der Waals surface area contributed by atoms with Crippen LogP contribution in [0.3, 0.4) is 0 Å². The average molecular weight is 282 g/mol. The summed E-state index contributed by atoms with van der Waals surface area (Å²) in [5.74, 6) is 0.339. The topological polar surface area (TPSA) is 81.2 Å². The van der Waals surface area contributed by atoms with E-state index in [1.807, 2.05) is 0 Å². The molecule has 19 heavy (non-hydrogen) atoms. The molecule has 0 unspecified atom stereocenters. The molecule has 0 bridgehead atoms. The number of hydrogen-bond acceptors (Lipinski definition) is 4. The van der Waals surface area contributed by atoms with E-state index in [0.717, 1.165) is 0 Å². The number of aliphatic hydroxyl groups excluding tert-OH is 1. The number of aryl methyl sites for hydroxylation is 1. The van der Waals surface area contributed by atoms with Crippen molar-refractivity contribution in [2.45, 2.75) is 19.6 Å². The van der Waals surface area contributed by atoms with Gasteiger partial charge >= 0.3 is 5.82 Å². The molecule has 0 radical (unpaired) electrons. The van der Waals surface area contributed by atoms with Gasteiger partial charge in [0.05, 0.1) is 0 Å². The second-order valence-electron chi connectivity index (χ2n) is 4.10. The highest BCUT2D eigenvalue weighted by Crippen LogP contribution is 2.22. The Balaban J connectivity index is 2.26. The first kappa shape index (κ1) is 13.5. The molecule has 1 atom stereocenters. The molecule has 0 saturated heterocycles. The molecule has 0 spiro atoms. The van der Waals surface area contributed by atoms with E-state index in [9.17, 15) is 15.2 Å². The summed E-state index contributed by atoms with van der Waals surface area (Å²) in [6.45, 7) is 1.71. The van der Waals surface area contributed by atoms with Crippen molar-refractivity contribution < 1.29 is 10.0 Å². The Morgan fingerprint density at radius 2 is 2.32 bits per heavy atom. The van der Waals surface area contributed by atoms with Crippen LogP contribution in [0.4, 0.5) is 5.82 Å². The lowest BCUT2D eigenvalue weighted by atomic mass is 10.1. The quantitative estimate of drug-likeness (QED) is 0.689. The van der Waals surface area contributed by atoms with Crippen molar-refractivity contribution in [1.82, 2.24) is 9.55 Å². The minimum atomic E-state index is -0.884. The molecule has 1 heterocycles. The first-order valence-corrected chi connectivity index (χ1v) is 5.97. The lowest BCUT2D eigenvalue weighted by Gasteiger charge is -2.11. The molecular weight excluding hydrogens is 270 g/mol. The average Bonchev–Trinajstić information content (AvgIpc) is 2.71. The molecule has 0 amide bonds. The summed E-state index contributed by atoms with van der Waals surface area (Å²) in [4.78, 5) is 14.2. The van der Waals surface area contributed by atoms with Gasteiger partial charge in [-0.25, -0.2) is 9.55 Å². The number of aromatic nitrogens is 2. The molecule has 7 heteroatoms. The number of nitrogens with zero attached hydrogens (tertiary/aromatic N) is 3. The SMILES string of the molecule is Cc1ncc([N+](=O)[O-])n1C[C@@H](O)c1cccc(Cl)c1. The van der Waals surface area contributed by atoms with Gasteiger partial charge in [-0.3, -0.25) is 0 Å². The third-order valence-corrected chi connectivity index (χ3v) is 3.05. The van der Waals surface area contributed by atoms with Crippen LogP contribution in [0.1, 0.15) is 17.5 Å². The Kier molecular flexibility index (Phi) is 3.82. The van der Waals surface area contributed by atoms with Crippen LogP contribution in [0.5, 0.6) is 0 Å². The van der Waals surface area contributed by atoms with Gasteiger partial charge in [-0.2, -0.15) is 0 Å². The predicted octanol–water partition coefficient (Wildman–Crippen LogP) is 2.49. The Bertz CT molecular complexity index is 612. The zero-order valence-corrected chi connectivity index (χ0v) is 10.9. The van der Waals surface area contributed by atoms with Crippen LogP contribution in [-0.4, -0.2) is 19.6 Å². The third-order valence-electron chi connectivity index (χ3n) is 2.81. The minimum absolute atomic E-state index is 0.0580. The number of hydrogen-bond donors (Lipinski definition) is 1. The normalized spacial score (nSPS) is 12.4. The molecule has 0 aliphatic carbocycles. The van der Waals surface area contributed by atoms with E-state index >= 15 is 0 Å². The summed E-state index contributed by atoms with van der Waals surface area (Å²) >= 11 is 5.85. The largest absolute Gasteiger partial charge is 0.384 e. The standard InChI is InChI=1S/C12H12ClN3O3/c1-8-14-6-12(16(18)19)15(8)7-11(17)9-3-2-4-10(13)5-9/h2-6,11,17H,7H2,1H3/t11-/m1/s1. The first-order chi connectivity index (χ1) is 8.99. The lowest BCUT2D eigenvalue weighted by molar-refractivity contribution is -0.392. The molecule has 1 aromatic heterocycles. The van der Waals surface area contributed by atoms with E-state index < -0.39 is 11.0 Å². The van der Waals surface area contributed by atoms with Crippen molar-refractivity contribution in [3.05, 3.63) is 57.0 Å². The van der Waals surface area contributed by atoms with E-state index in [-0.39, 0.29) is 12.4 Å². The van der Waals surface area contributed by atoms with E-state index in [1.54, 1.807) is 31.2 Å². The van der Waals surface area contributed by atoms with Crippen LogP contribution in [0, 0.1) is 17.0 Å². The summed E-state index contributed by atoms with van der Waals surface area (Å²) in [6.07, 6.45) is 0.297. The summed E-state index contributed by atoms with van der Waals surface area (Å²) in [5, 5.41) is 21.5. The smallest absolute Gasteiger partial charge is 0.342 e. The van der Waals surface area contributed by atoms with Gasteiger partial charge in [0.1, 0.15) is 18.8 Å². The highest BCUT2D eigenvalue weighted by molar-refractivity contribution is 6.30. The van der Waals surface area contributed by atoms with Crippen LogP contribution >= 0.6 is 11.6 Å². The van der Waals surface area contributed by atoms with Gasteiger partial charge in [0.15, 0.2) is 5.82 Å². The van der Waals surface area contributed by atoms with Crippen molar-refractivity contribution in [2.75, 3.05) is 0 Å². The van der Waals surface area contributed by atoms with Crippen molar-refractivity contribution in [1.29, 1.82) is 0 Å². The number of aliphatic hydroxyl groups is 1. The summed E-state index contributed by atoms with van der Waals surface area (Å²) in [7, 11) is 0. The van der Waals surface area contributed by atoms with Gasteiger partial charge < -0.3 is 15.2 Å². The van der Waals surface area contributed by atoms with Crippen LogP contribution < -0.4 is 0 Å². The van der Waals surface area contributed by atoms with Crippen molar-refractivity contribution in [3.63, 3.8) is 0 Å². The number of imidazole rings is 1. The Labute approximate surface area is 114 Å². The van der Waals surface area contributed by atoms with Gasteiger partial charge in [-0.1, -0.05) is 23.7 Å². The second kappa shape index (κ2) is 5.38. The molecule has 0 aliphatic rings. The van der Waals surface area contributed by atoms with Gasteiger partial charge in [0, 0.05) is 11.9 Å². The number of benzene rings is 1. The Morgan fingerprint density at radius 1 is 1.58 bits per heavy atom. The first-order valence-electron chi connectivity index (χ1n) is 5.59. The van der Waals surface area contributed by atoms with Crippen molar-refractivity contribution in [3.8, 4) is 0 Å². The summed E-state index contributed by atoms with van der Waals surface area (Å²) in [6, 6.07) is 6.76. The summed E-state index contributed by atoms with van der Waals surface area (Å²) < 4.78 is 1.37. The molecule has 1 N–H and O–H groups in total. The molecule has 2 aromatic rings. The van der Waals surface area contributed by atoms with E-state index in [4.69, 9.17) is 11.6 Å². The molecule has 1 aromatic carbocycles. The maximum atomic E-state index is 10.8. The van der Waals surface area contributed by atoms with Crippen LogP contribution in [0.15, 0.2) is 30.5 Å². The molecule has 100 valence electrons. The fourth-order valence-electron chi connectivity index (χ4n) is 1.82. The van der Waals surface area contributed by atoms with E-state index in [2.05, 4.69) is 4.98 Å². The molecule has 6 nitrogen and oxygen atoms in total. The maximum absolute atomic E-state index is 10.8. The van der Waals surface area contributed by atoms with Crippen molar-refractivity contribution >= 4 is 17.4 Å². The molecule has 2 rings (SSSR count). The minimum Gasteiger partial charge on any atom is -0.384 e. The van der Waals surface area contributed by atoms with E-state index in [0.29, 0.717) is 16.4 Å². The molecule has 0 aliphatic heterocycles. The third kappa shape index (κ3) is 2.91. The highest BCUT2D eigenvalue weighted by atomic mass is 35.5. The fraction of sp³-hybridized carbons (Fsp3) is 0.250. The number of nitro groups is 1. The Hall–Kier alpha value is -1.92. The Morgan fingerprint density at radius 3 is 2.95 bits per heavy atom. The van der Waals surface area contributed by atoms with Gasteiger partial charge in [-0.15, -0.1) is 0 Å². The predicted molar refractivity (Wildman–Crippen MR) is 70.0 cm³/mol. The number of rotatable bonds is 4. The maximum Gasteiger partial charge on any atom is 0.342 e. The van der Waals surface area contributed by atoms with Crippen LogP contribution in [0.2, 0.25) is 5.02 Å². The zero-order valence-electron chi connectivity index (χ0n) is 10.2. The molecular formula is C12H12ClN3O3. The molecule has 0 fully saturated rings. The van der Waals surface area contributed by atoms with Gasteiger partial charge in [-0.05, 0) is 22.6 Å². The fourth-order valence-corrected chi connectivity index (χ4v) is 2.02. The van der Waals surface area contributed by atoms with Gasteiger partial charge in [0.25, 0.3) is 0 Å². The second-order valence-corrected chi connectivity index (χ2v) is 4.54. The van der Waals surface area contributed by atoms with Crippen molar-refractivity contribution in [2.24, 2.45) is 0 Å². The highest BCUT2D eigenvalue weighted by Gasteiger charge is 2.21. The lowest BCUT2D eigenvalue weighted by Crippen LogP contribution is -2.12.